The summed E-state index contributed by atoms with van der Waals surface area (Å²) in [4.78, 5) is 22.2. The van der Waals surface area contributed by atoms with Crippen LogP contribution in [0.25, 0.3) is 16.9 Å². The molecule has 3 aromatic rings. The van der Waals surface area contributed by atoms with Crippen LogP contribution in [0.3, 0.4) is 0 Å². The van der Waals surface area contributed by atoms with E-state index in [1.54, 1.807) is 18.2 Å². The van der Waals surface area contributed by atoms with Crippen LogP contribution in [0, 0.1) is 10.1 Å². The van der Waals surface area contributed by atoms with E-state index in [-0.39, 0.29) is 11.4 Å². The van der Waals surface area contributed by atoms with Crippen LogP contribution in [0.2, 0.25) is 0 Å². The second kappa shape index (κ2) is 6.13. The minimum Gasteiger partial charge on any atom is -0.298 e. The Balaban J connectivity index is 2.25. The number of aldehydes is 1. The van der Waals surface area contributed by atoms with Crippen LogP contribution < -0.4 is 0 Å². The van der Waals surface area contributed by atoms with E-state index >= 15 is 0 Å². The van der Waals surface area contributed by atoms with E-state index in [9.17, 15) is 14.9 Å². The molecule has 0 radical (unpaired) electrons. The van der Waals surface area contributed by atoms with Gasteiger partial charge in [0.05, 0.1) is 10.5 Å². The number of carbonyl (C=O) groups is 1. The number of carbonyl (C=O) groups excluding carboxylic acids is 1. The third-order valence-electron chi connectivity index (χ3n) is 3.34. The van der Waals surface area contributed by atoms with Crippen LogP contribution in [-0.2, 0) is 0 Å². The number of hydrogen-bond donors (Lipinski definition) is 0. The third kappa shape index (κ3) is 2.66. The second-order valence-electron chi connectivity index (χ2n) is 4.69. The number of nitrogens with zero attached hydrogens (tertiary/aromatic N) is 3. The summed E-state index contributed by atoms with van der Waals surface area (Å²) >= 11 is 3.33. The van der Waals surface area contributed by atoms with Gasteiger partial charge in [0.2, 0.25) is 0 Å². The highest BCUT2D eigenvalue weighted by Crippen LogP contribution is 2.32. The van der Waals surface area contributed by atoms with Gasteiger partial charge in [-0.2, -0.15) is 5.10 Å². The quantitative estimate of drug-likeness (QED) is 0.394. The number of nitro groups is 1. The van der Waals surface area contributed by atoms with Crippen molar-refractivity contribution in [2.45, 2.75) is 0 Å². The van der Waals surface area contributed by atoms with E-state index in [1.165, 1.54) is 10.7 Å². The van der Waals surface area contributed by atoms with Gasteiger partial charge >= 0.3 is 0 Å². The molecule has 0 saturated carbocycles. The molecule has 7 heteroatoms. The molecule has 0 bridgehead atoms. The zero-order valence-electron chi connectivity index (χ0n) is 11.7. The van der Waals surface area contributed by atoms with Crippen LogP contribution >= 0.6 is 15.9 Å². The number of hydrogen-bond acceptors (Lipinski definition) is 4. The molecule has 3 rings (SSSR count). The zero-order valence-corrected chi connectivity index (χ0v) is 13.3. The summed E-state index contributed by atoms with van der Waals surface area (Å²) in [5.74, 6) is 0. The largest absolute Gasteiger partial charge is 0.298 e. The fourth-order valence-corrected chi connectivity index (χ4v) is 2.83. The normalized spacial score (nSPS) is 10.5. The van der Waals surface area contributed by atoms with E-state index in [2.05, 4.69) is 21.0 Å². The van der Waals surface area contributed by atoms with Gasteiger partial charge in [-0.1, -0.05) is 42.5 Å². The standard InChI is InChI=1S/C16H10BrN3O3/c17-16-12(10-21)15(11-6-2-1-3-7-11)18-19(16)13-8-4-5-9-14(13)20(22)23/h1-10H. The monoisotopic (exact) mass is 371 g/mol. The van der Waals surface area contributed by atoms with Gasteiger partial charge in [0.1, 0.15) is 16.0 Å². The second-order valence-corrected chi connectivity index (χ2v) is 5.45. The molecule has 0 aliphatic rings. The maximum atomic E-state index is 11.5. The van der Waals surface area contributed by atoms with Gasteiger partial charge in [0, 0.05) is 11.6 Å². The lowest BCUT2D eigenvalue weighted by Gasteiger charge is -2.04. The molecule has 0 aliphatic carbocycles. The number of aromatic nitrogens is 2. The van der Waals surface area contributed by atoms with E-state index in [0.717, 1.165) is 5.56 Å². The van der Waals surface area contributed by atoms with Crippen LogP contribution in [-0.4, -0.2) is 21.0 Å². The number of benzene rings is 2. The van der Waals surface area contributed by atoms with Crippen LogP contribution in [0.5, 0.6) is 0 Å². The van der Waals surface area contributed by atoms with Gasteiger partial charge in [-0.3, -0.25) is 14.9 Å². The van der Waals surface area contributed by atoms with Crippen molar-refractivity contribution in [1.29, 1.82) is 0 Å². The number of halogens is 1. The highest BCUT2D eigenvalue weighted by Gasteiger charge is 2.22. The van der Waals surface area contributed by atoms with Crippen molar-refractivity contribution in [3.05, 3.63) is 74.9 Å². The van der Waals surface area contributed by atoms with Crippen molar-refractivity contribution in [2.75, 3.05) is 0 Å². The Morgan fingerprint density at radius 1 is 1.09 bits per heavy atom. The lowest BCUT2D eigenvalue weighted by atomic mass is 10.1. The molecule has 0 amide bonds. The van der Waals surface area contributed by atoms with Crippen LogP contribution in [0.4, 0.5) is 5.69 Å². The van der Waals surface area contributed by atoms with E-state index in [4.69, 9.17) is 0 Å². The molecule has 0 aliphatic heterocycles. The Hall–Kier alpha value is -2.80. The van der Waals surface area contributed by atoms with Crippen molar-refractivity contribution < 1.29 is 9.72 Å². The fourth-order valence-electron chi connectivity index (χ4n) is 2.28. The molecule has 114 valence electrons. The predicted molar refractivity (Wildman–Crippen MR) is 88.7 cm³/mol. The fraction of sp³-hybridized carbons (Fsp3) is 0. The Morgan fingerprint density at radius 3 is 2.39 bits per heavy atom. The Kier molecular flexibility index (Phi) is 4.03. The lowest BCUT2D eigenvalue weighted by molar-refractivity contribution is -0.384. The first kappa shape index (κ1) is 15.1. The molecule has 0 N–H and O–H groups in total. The van der Waals surface area contributed by atoms with Crippen molar-refractivity contribution in [2.24, 2.45) is 0 Å². The van der Waals surface area contributed by atoms with Crippen LogP contribution in [0.1, 0.15) is 10.4 Å². The molecule has 0 saturated heterocycles. The summed E-state index contributed by atoms with van der Waals surface area (Å²) in [6.07, 6.45) is 0.685. The maximum Gasteiger partial charge on any atom is 0.294 e. The molecule has 1 aromatic heterocycles. The van der Waals surface area contributed by atoms with E-state index in [1.807, 2.05) is 30.3 Å². The summed E-state index contributed by atoms with van der Waals surface area (Å²) in [6, 6.07) is 15.4. The van der Waals surface area contributed by atoms with Gasteiger partial charge in [-0.15, -0.1) is 0 Å². The molecular weight excluding hydrogens is 362 g/mol. The van der Waals surface area contributed by atoms with E-state index in [0.29, 0.717) is 22.1 Å². The van der Waals surface area contributed by atoms with Gasteiger partial charge in [-0.25, -0.2) is 4.68 Å². The Bertz CT molecular complexity index is 891. The molecule has 6 nitrogen and oxygen atoms in total. The SMILES string of the molecule is O=Cc1c(-c2ccccc2)nn(-c2ccccc2[N+](=O)[O-])c1Br. The first-order valence-corrected chi connectivity index (χ1v) is 7.45. The molecule has 2 aromatic carbocycles. The Labute approximate surface area is 139 Å². The summed E-state index contributed by atoms with van der Waals surface area (Å²) in [6.45, 7) is 0. The van der Waals surface area contributed by atoms with Gasteiger partial charge in [0.25, 0.3) is 5.69 Å². The smallest absolute Gasteiger partial charge is 0.294 e. The van der Waals surface area contributed by atoms with Crippen molar-refractivity contribution in [3.8, 4) is 16.9 Å². The first-order valence-electron chi connectivity index (χ1n) is 6.66. The number of para-hydroxylation sites is 2. The number of nitro benzene ring substituents is 1. The van der Waals surface area contributed by atoms with Gasteiger partial charge in [0.15, 0.2) is 6.29 Å². The molecule has 0 atom stereocenters. The third-order valence-corrected chi connectivity index (χ3v) is 4.10. The lowest BCUT2D eigenvalue weighted by Crippen LogP contribution is -2.02. The molecule has 0 spiro atoms. The maximum absolute atomic E-state index is 11.5. The molecule has 0 fully saturated rings. The average Bonchev–Trinajstić information content (AvgIpc) is 2.92. The molecule has 23 heavy (non-hydrogen) atoms. The minimum absolute atomic E-state index is 0.0900. The van der Waals surface area contributed by atoms with E-state index < -0.39 is 4.92 Å². The average molecular weight is 372 g/mol. The predicted octanol–water partition coefficient (Wildman–Crippen LogP) is 4.02. The molecule has 1 heterocycles. The van der Waals surface area contributed by atoms with Gasteiger partial charge < -0.3 is 0 Å². The first-order chi connectivity index (χ1) is 11.1. The molecular formula is C16H10BrN3O3. The summed E-state index contributed by atoms with van der Waals surface area (Å²) < 4.78 is 1.74. The van der Waals surface area contributed by atoms with Crippen LogP contribution in [0.15, 0.2) is 59.2 Å². The summed E-state index contributed by atoms with van der Waals surface area (Å²) in [5, 5.41) is 15.6. The minimum atomic E-state index is -0.480. The highest BCUT2D eigenvalue weighted by atomic mass is 79.9. The zero-order chi connectivity index (χ0) is 16.4. The number of rotatable bonds is 4. The van der Waals surface area contributed by atoms with Crippen molar-refractivity contribution >= 4 is 27.9 Å². The van der Waals surface area contributed by atoms with Crippen molar-refractivity contribution in [3.63, 3.8) is 0 Å². The van der Waals surface area contributed by atoms with Gasteiger partial charge in [-0.05, 0) is 22.0 Å². The topological polar surface area (TPSA) is 78.0 Å². The Morgan fingerprint density at radius 2 is 1.74 bits per heavy atom. The summed E-state index contributed by atoms with van der Waals surface area (Å²) in [5.41, 5.74) is 1.76. The summed E-state index contributed by atoms with van der Waals surface area (Å²) in [7, 11) is 0. The molecule has 0 unspecified atom stereocenters. The van der Waals surface area contributed by atoms with Crippen molar-refractivity contribution in [1.82, 2.24) is 9.78 Å². The highest BCUT2D eigenvalue weighted by molar-refractivity contribution is 9.10.